The van der Waals surface area contributed by atoms with Crippen LogP contribution in [-0.4, -0.2) is 45.0 Å². The Morgan fingerprint density at radius 3 is 2.38 bits per heavy atom. The van der Waals surface area contributed by atoms with E-state index in [2.05, 4.69) is 18.7 Å². The van der Waals surface area contributed by atoms with Crippen LogP contribution in [0, 0.1) is 11.8 Å². The van der Waals surface area contributed by atoms with Gasteiger partial charge in [-0.15, -0.1) is 0 Å². The van der Waals surface area contributed by atoms with Crippen LogP contribution in [0.25, 0.3) is 0 Å². The SMILES string of the molecule is COC(CN1CCCC(C(C)C)CC1)OC. The molecule has 1 heterocycles. The summed E-state index contributed by atoms with van der Waals surface area (Å²) in [6.45, 7) is 7.96. The highest BCUT2D eigenvalue weighted by atomic mass is 16.7. The Morgan fingerprint density at radius 2 is 1.81 bits per heavy atom. The molecule has 0 aromatic rings. The zero-order chi connectivity index (χ0) is 12.0. The Labute approximate surface area is 100 Å². The molecule has 0 radical (unpaired) electrons. The van der Waals surface area contributed by atoms with Crippen LogP contribution in [0.1, 0.15) is 33.1 Å². The Hall–Kier alpha value is -0.120. The Bertz CT molecular complexity index is 181. The average molecular weight is 229 g/mol. The summed E-state index contributed by atoms with van der Waals surface area (Å²) in [4.78, 5) is 2.47. The molecule has 16 heavy (non-hydrogen) atoms. The second-order valence-electron chi connectivity index (χ2n) is 5.14. The van der Waals surface area contributed by atoms with Gasteiger partial charge in [-0.2, -0.15) is 0 Å². The lowest BCUT2D eigenvalue weighted by Gasteiger charge is -2.24. The van der Waals surface area contributed by atoms with E-state index in [0.717, 1.165) is 18.4 Å². The molecule has 0 aromatic carbocycles. The maximum Gasteiger partial charge on any atom is 0.169 e. The molecule has 0 bridgehead atoms. The lowest BCUT2D eigenvalue weighted by Crippen LogP contribution is -2.35. The Morgan fingerprint density at radius 1 is 1.12 bits per heavy atom. The molecule has 0 N–H and O–H groups in total. The fourth-order valence-corrected chi connectivity index (χ4v) is 2.49. The molecular weight excluding hydrogens is 202 g/mol. The molecule has 1 unspecified atom stereocenters. The van der Waals surface area contributed by atoms with Crippen LogP contribution in [-0.2, 0) is 9.47 Å². The first-order valence-electron chi connectivity index (χ1n) is 6.45. The summed E-state index contributed by atoms with van der Waals surface area (Å²) in [5, 5.41) is 0. The van der Waals surface area contributed by atoms with Crippen molar-refractivity contribution in [2.45, 2.75) is 39.4 Å². The molecule has 3 nitrogen and oxygen atoms in total. The summed E-state index contributed by atoms with van der Waals surface area (Å²) in [6.07, 6.45) is 3.93. The first-order valence-corrected chi connectivity index (χ1v) is 6.45. The number of hydrogen-bond acceptors (Lipinski definition) is 3. The number of methoxy groups -OCH3 is 2. The summed E-state index contributed by atoms with van der Waals surface area (Å²) in [7, 11) is 3.42. The highest BCUT2D eigenvalue weighted by Crippen LogP contribution is 2.24. The Kier molecular flexibility index (Phi) is 6.32. The van der Waals surface area contributed by atoms with Crippen LogP contribution in [0.5, 0.6) is 0 Å². The van der Waals surface area contributed by atoms with Crippen molar-refractivity contribution in [3.05, 3.63) is 0 Å². The van der Waals surface area contributed by atoms with Crippen LogP contribution in [0.15, 0.2) is 0 Å². The van der Waals surface area contributed by atoms with Gasteiger partial charge in [0.05, 0.1) is 0 Å². The third kappa shape index (κ3) is 4.40. The van der Waals surface area contributed by atoms with Crippen LogP contribution in [0.4, 0.5) is 0 Å². The van der Waals surface area contributed by atoms with E-state index in [1.165, 1.54) is 32.4 Å². The minimum atomic E-state index is -0.0735. The summed E-state index contributed by atoms with van der Waals surface area (Å²) in [6, 6.07) is 0. The molecule has 0 spiro atoms. The molecule has 0 amide bonds. The fraction of sp³-hybridized carbons (Fsp3) is 1.00. The summed E-state index contributed by atoms with van der Waals surface area (Å²) >= 11 is 0. The van der Waals surface area contributed by atoms with Crippen molar-refractivity contribution in [1.82, 2.24) is 4.90 Å². The molecule has 3 heteroatoms. The van der Waals surface area contributed by atoms with E-state index in [1.807, 2.05) is 0 Å². The summed E-state index contributed by atoms with van der Waals surface area (Å²) in [5.74, 6) is 1.72. The smallest absolute Gasteiger partial charge is 0.169 e. The van der Waals surface area contributed by atoms with Gasteiger partial charge in [-0.3, -0.25) is 4.90 Å². The second kappa shape index (κ2) is 7.25. The monoisotopic (exact) mass is 229 g/mol. The fourth-order valence-electron chi connectivity index (χ4n) is 2.49. The quantitative estimate of drug-likeness (QED) is 0.676. The Balaban J connectivity index is 2.35. The van der Waals surface area contributed by atoms with E-state index >= 15 is 0 Å². The lowest BCUT2D eigenvalue weighted by atomic mass is 9.89. The highest BCUT2D eigenvalue weighted by molar-refractivity contribution is 4.72. The zero-order valence-corrected chi connectivity index (χ0v) is 11.2. The number of hydrogen-bond donors (Lipinski definition) is 0. The predicted molar refractivity (Wildman–Crippen MR) is 66.4 cm³/mol. The number of ether oxygens (including phenoxy) is 2. The van der Waals surface area contributed by atoms with Crippen molar-refractivity contribution < 1.29 is 9.47 Å². The van der Waals surface area contributed by atoms with Crippen molar-refractivity contribution in [1.29, 1.82) is 0 Å². The second-order valence-corrected chi connectivity index (χ2v) is 5.14. The molecule has 1 saturated heterocycles. The van der Waals surface area contributed by atoms with Gasteiger partial charge in [0.2, 0.25) is 0 Å². The normalized spacial score (nSPS) is 24.0. The van der Waals surface area contributed by atoms with E-state index in [1.54, 1.807) is 14.2 Å². The molecule has 0 aromatic heterocycles. The standard InChI is InChI=1S/C13H27NO2/c1-11(2)12-6-5-8-14(9-7-12)10-13(15-3)16-4/h11-13H,5-10H2,1-4H3. The minimum Gasteiger partial charge on any atom is -0.355 e. The van der Waals surface area contributed by atoms with Crippen LogP contribution in [0.3, 0.4) is 0 Å². The van der Waals surface area contributed by atoms with Crippen molar-refractivity contribution in [2.75, 3.05) is 33.9 Å². The van der Waals surface area contributed by atoms with Crippen LogP contribution in [0.2, 0.25) is 0 Å². The number of nitrogens with zero attached hydrogens (tertiary/aromatic N) is 1. The molecule has 1 fully saturated rings. The van der Waals surface area contributed by atoms with Crippen molar-refractivity contribution in [2.24, 2.45) is 11.8 Å². The lowest BCUT2D eigenvalue weighted by molar-refractivity contribution is -0.116. The predicted octanol–water partition coefficient (Wildman–Crippen LogP) is 2.36. The van der Waals surface area contributed by atoms with Gasteiger partial charge in [0.15, 0.2) is 6.29 Å². The van der Waals surface area contributed by atoms with Crippen LogP contribution >= 0.6 is 0 Å². The van der Waals surface area contributed by atoms with Gasteiger partial charge in [-0.05, 0) is 44.2 Å². The molecule has 1 rings (SSSR count). The van der Waals surface area contributed by atoms with E-state index in [9.17, 15) is 0 Å². The molecular formula is C13H27NO2. The molecule has 0 saturated carbocycles. The van der Waals surface area contributed by atoms with Gasteiger partial charge in [0.1, 0.15) is 0 Å². The van der Waals surface area contributed by atoms with Crippen molar-refractivity contribution in [3.8, 4) is 0 Å². The third-order valence-electron chi connectivity index (χ3n) is 3.74. The zero-order valence-electron chi connectivity index (χ0n) is 11.2. The first-order chi connectivity index (χ1) is 7.67. The van der Waals surface area contributed by atoms with E-state index in [0.29, 0.717) is 0 Å². The van der Waals surface area contributed by atoms with E-state index in [4.69, 9.17) is 9.47 Å². The third-order valence-corrected chi connectivity index (χ3v) is 3.74. The summed E-state index contributed by atoms with van der Waals surface area (Å²) < 4.78 is 10.5. The highest BCUT2D eigenvalue weighted by Gasteiger charge is 2.21. The van der Waals surface area contributed by atoms with Gasteiger partial charge in [-0.1, -0.05) is 13.8 Å². The molecule has 96 valence electrons. The van der Waals surface area contributed by atoms with Gasteiger partial charge >= 0.3 is 0 Å². The largest absolute Gasteiger partial charge is 0.355 e. The van der Waals surface area contributed by atoms with Crippen molar-refractivity contribution >= 4 is 0 Å². The molecule has 1 atom stereocenters. The molecule has 1 aliphatic rings. The molecule has 1 aliphatic heterocycles. The van der Waals surface area contributed by atoms with Gasteiger partial charge < -0.3 is 9.47 Å². The number of rotatable bonds is 5. The minimum absolute atomic E-state index is 0.0735. The number of likely N-dealkylation sites (tertiary alicyclic amines) is 1. The van der Waals surface area contributed by atoms with Gasteiger partial charge in [-0.25, -0.2) is 0 Å². The van der Waals surface area contributed by atoms with E-state index < -0.39 is 0 Å². The van der Waals surface area contributed by atoms with Gasteiger partial charge in [0.25, 0.3) is 0 Å². The maximum absolute atomic E-state index is 5.25. The first kappa shape index (κ1) is 13.9. The molecule has 0 aliphatic carbocycles. The van der Waals surface area contributed by atoms with Gasteiger partial charge in [0, 0.05) is 20.8 Å². The topological polar surface area (TPSA) is 21.7 Å². The van der Waals surface area contributed by atoms with E-state index in [-0.39, 0.29) is 6.29 Å². The van der Waals surface area contributed by atoms with Crippen LogP contribution < -0.4 is 0 Å². The average Bonchev–Trinajstić information content (AvgIpc) is 2.51. The summed E-state index contributed by atoms with van der Waals surface area (Å²) in [5.41, 5.74) is 0. The van der Waals surface area contributed by atoms with Crippen molar-refractivity contribution in [3.63, 3.8) is 0 Å². The maximum atomic E-state index is 5.25.